The number of hydrogen-bond donors (Lipinski definition) is 1. The molecule has 0 aliphatic carbocycles. The third kappa shape index (κ3) is 1.93. The highest BCUT2D eigenvalue weighted by atomic mass is 19.4. The Kier molecular flexibility index (Phi) is 2.36. The van der Waals surface area contributed by atoms with Gasteiger partial charge in [0.2, 0.25) is 0 Å². The Bertz CT molecular complexity index is 388. The molecule has 6 heteroatoms. The van der Waals surface area contributed by atoms with Crippen LogP contribution in [-0.2, 0) is 6.42 Å². The van der Waals surface area contributed by atoms with Crippen LogP contribution in [0.25, 0.3) is 0 Å². The van der Waals surface area contributed by atoms with Gasteiger partial charge in [0.05, 0.1) is 0 Å². The van der Waals surface area contributed by atoms with Crippen molar-refractivity contribution >= 4 is 18.1 Å². The monoisotopic (exact) mass is 218 g/mol. The zero-order valence-corrected chi connectivity index (χ0v) is 7.87. The topological polar surface area (TPSA) is 12.0 Å². The first-order chi connectivity index (χ1) is 6.98. The molecule has 0 unspecified atom stereocenters. The molecular formula is C9H9BF4N-. The minimum absolute atomic E-state index is 0.204. The molecule has 0 radical (unpaired) electrons. The van der Waals surface area contributed by atoms with Crippen molar-refractivity contribution in [1.82, 2.24) is 0 Å². The SMILES string of the molecule is Fc1cc2c(c([B-](F)(F)F)c1)CCCN2. The summed E-state index contributed by atoms with van der Waals surface area (Å²) in [6, 6.07) is 1.71. The van der Waals surface area contributed by atoms with Crippen molar-refractivity contribution in [2.24, 2.45) is 0 Å². The lowest BCUT2D eigenvalue weighted by Crippen LogP contribution is -2.39. The van der Waals surface area contributed by atoms with Gasteiger partial charge in [-0.2, -0.15) is 0 Å². The first-order valence-corrected chi connectivity index (χ1v) is 4.74. The highest BCUT2D eigenvalue weighted by Crippen LogP contribution is 2.25. The molecule has 0 spiro atoms. The number of fused-ring (bicyclic) bond motifs is 1. The van der Waals surface area contributed by atoms with E-state index in [1.807, 2.05) is 0 Å². The van der Waals surface area contributed by atoms with E-state index in [0.29, 0.717) is 25.5 Å². The van der Waals surface area contributed by atoms with Gasteiger partial charge in [0.25, 0.3) is 0 Å². The van der Waals surface area contributed by atoms with Crippen molar-refractivity contribution in [3.8, 4) is 0 Å². The van der Waals surface area contributed by atoms with Crippen molar-refractivity contribution in [2.75, 3.05) is 11.9 Å². The van der Waals surface area contributed by atoms with E-state index < -0.39 is 18.3 Å². The van der Waals surface area contributed by atoms with Gasteiger partial charge in [-0.05, 0) is 18.9 Å². The van der Waals surface area contributed by atoms with Gasteiger partial charge in [-0.3, -0.25) is 0 Å². The average molecular weight is 218 g/mol. The predicted octanol–water partition coefficient (Wildman–Crippen LogP) is 2.24. The summed E-state index contributed by atoms with van der Waals surface area (Å²) in [7, 11) is 0. The summed E-state index contributed by atoms with van der Waals surface area (Å²) >= 11 is 0. The van der Waals surface area contributed by atoms with Crippen LogP contribution in [-0.4, -0.2) is 13.5 Å². The average Bonchev–Trinajstić information content (AvgIpc) is 2.15. The molecule has 0 atom stereocenters. The van der Waals surface area contributed by atoms with Gasteiger partial charge in [-0.25, -0.2) is 4.39 Å². The van der Waals surface area contributed by atoms with Crippen LogP contribution < -0.4 is 10.8 Å². The highest BCUT2D eigenvalue weighted by molar-refractivity contribution is 6.74. The Balaban J connectivity index is 2.58. The fraction of sp³-hybridized carbons (Fsp3) is 0.333. The van der Waals surface area contributed by atoms with Gasteiger partial charge in [0, 0.05) is 12.2 Å². The van der Waals surface area contributed by atoms with Crippen molar-refractivity contribution in [2.45, 2.75) is 12.8 Å². The number of benzene rings is 1. The Hall–Kier alpha value is -1.20. The van der Waals surface area contributed by atoms with E-state index in [0.717, 1.165) is 6.07 Å². The van der Waals surface area contributed by atoms with Crippen LogP contribution >= 0.6 is 0 Å². The quantitative estimate of drug-likeness (QED) is 0.562. The highest BCUT2D eigenvalue weighted by Gasteiger charge is 2.30. The lowest BCUT2D eigenvalue weighted by atomic mass is 9.74. The van der Waals surface area contributed by atoms with Crippen LogP contribution in [0.5, 0.6) is 0 Å². The largest absolute Gasteiger partial charge is 0.510 e. The number of hydrogen-bond acceptors (Lipinski definition) is 1. The van der Waals surface area contributed by atoms with Crippen LogP contribution in [0.3, 0.4) is 0 Å². The van der Waals surface area contributed by atoms with E-state index in [9.17, 15) is 17.3 Å². The maximum atomic E-state index is 13.0. The van der Waals surface area contributed by atoms with E-state index in [1.165, 1.54) is 0 Å². The summed E-state index contributed by atoms with van der Waals surface area (Å²) in [5, 5.41) is 2.79. The van der Waals surface area contributed by atoms with Gasteiger partial charge in [0.15, 0.2) is 0 Å². The summed E-state index contributed by atoms with van der Waals surface area (Å²) in [5.74, 6) is -0.836. The summed E-state index contributed by atoms with van der Waals surface area (Å²) in [4.78, 5) is 0. The molecule has 0 saturated heterocycles. The smallest absolute Gasteiger partial charge is 0.445 e. The number of anilines is 1. The van der Waals surface area contributed by atoms with Crippen LogP contribution in [0, 0.1) is 5.82 Å². The number of nitrogens with one attached hydrogen (secondary N) is 1. The normalized spacial score (nSPS) is 15.7. The van der Waals surface area contributed by atoms with Crippen LogP contribution in [0.1, 0.15) is 12.0 Å². The predicted molar refractivity (Wildman–Crippen MR) is 51.9 cm³/mol. The van der Waals surface area contributed by atoms with Crippen molar-refractivity contribution in [1.29, 1.82) is 0 Å². The lowest BCUT2D eigenvalue weighted by Gasteiger charge is -2.26. The minimum atomic E-state index is -5.13. The molecule has 1 nitrogen and oxygen atoms in total. The van der Waals surface area contributed by atoms with E-state index in [-0.39, 0.29) is 11.3 Å². The van der Waals surface area contributed by atoms with Crippen LogP contribution in [0.15, 0.2) is 12.1 Å². The number of rotatable bonds is 1. The third-order valence-corrected chi connectivity index (χ3v) is 2.52. The summed E-state index contributed by atoms with van der Waals surface area (Å²) in [5.41, 5.74) is -0.303. The molecule has 1 heterocycles. The number of halogens is 4. The Morgan fingerprint density at radius 1 is 1.20 bits per heavy atom. The molecule has 1 N–H and O–H groups in total. The van der Waals surface area contributed by atoms with E-state index in [2.05, 4.69) is 5.32 Å². The summed E-state index contributed by atoms with van der Waals surface area (Å²) < 4.78 is 50.8. The first kappa shape index (κ1) is 10.3. The fourth-order valence-electron chi connectivity index (χ4n) is 1.87. The van der Waals surface area contributed by atoms with Gasteiger partial charge >= 0.3 is 6.98 Å². The molecule has 1 aromatic rings. The van der Waals surface area contributed by atoms with Crippen LogP contribution in [0.2, 0.25) is 0 Å². The molecule has 1 aromatic carbocycles. The first-order valence-electron chi connectivity index (χ1n) is 4.74. The molecule has 1 aliphatic rings. The zero-order chi connectivity index (χ0) is 11.1. The van der Waals surface area contributed by atoms with E-state index in [4.69, 9.17) is 0 Å². The fourth-order valence-corrected chi connectivity index (χ4v) is 1.87. The standard InChI is InChI=1S/C9H9BF4N/c11-6-4-8(10(12,13)14)7-2-1-3-15-9(7)5-6/h4-5,15H,1-3H2/q-1. The molecule has 2 rings (SSSR count). The van der Waals surface area contributed by atoms with Gasteiger partial charge < -0.3 is 18.3 Å². The van der Waals surface area contributed by atoms with E-state index in [1.54, 1.807) is 0 Å². The minimum Gasteiger partial charge on any atom is -0.445 e. The maximum absolute atomic E-state index is 13.0. The molecule has 0 saturated carbocycles. The Labute approximate surface area is 84.5 Å². The van der Waals surface area contributed by atoms with Gasteiger partial charge in [0.1, 0.15) is 5.82 Å². The molecule has 15 heavy (non-hydrogen) atoms. The summed E-state index contributed by atoms with van der Waals surface area (Å²) in [6.45, 7) is -4.53. The zero-order valence-electron chi connectivity index (χ0n) is 7.87. The van der Waals surface area contributed by atoms with Gasteiger partial charge in [-0.1, -0.05) is 11.6 Å². The van der Waals surface area contributed by atoms with Crippen molar-refractivity contribution in [3.63, 3.8) is 0 Å². The van der Waals surface area contributed by atoms with Crippen molar-refractivity contribution in [3.05, 3.63) is 23.5 Å². The van der Waals surface area contributed by atoms with E-state index >= 15 is 0 Å². The molecule has 0 amide bonds. The van der Waals surface area contributed by atoms with Crippen LogP contribution in [0.4, 0.5) is 23.0 Å². The molecular weight excluding hydrogens is 209 g/mol. The second-order valence-electron chi connectivity index (χ2n) is 3.63. The summed E-state index contributed by atoms with van der Waals surface area (Å²) in [6.07, 6.45) is 1.01. The molecule has 1 aliphatic heterocycles. The van der Waals surface area contributed by atoms with Gasteiger partial charge in [-0.15, -0.1) is 5.46 Å². The maximum Gasteiger partial charge on any atom is 0.510 e. The third-order valence-electron chi connectivity index (χ3n) is 2.52. The lowest BCUT2D eigenvalue weighted by molar-refractivity contribution is 0.498. The molecule has 0 aromatic heterocycles. The molecule has 0 fully saturated rings. The second kappa shape index (κ2) is 3.43. The second-order valence-corrected chi connectivity index (χ2v) is 3.63. The van der Waals surface area contributed by atoms with Crippen molar-refractivity contribution < 1.29 is 17.3 Å². The molecule has 0 bridgehead atoms. The Morgan fingerprint density at radius 2 is 1.93 bits per heavy atom. The molecule has 82 valence electrons. The Morgan fingerprint density at radius 3 is 2.60 bits per heavy atom.